The van der Waals surface area contributed by atoms with Crippen molar-refractivity contribution >= 4 is 17.8 Å². The largest absolute Gasteiger partial charge is 0.364 e. The van der Waals surface area contributed by atoms with Gasteiger partial charge in [-0.25, -0.2) is 9.69 Å². The number of carbonyl (C=O) groups excluding carboxylic acids is 3. The quantitative estimate of drug-likeness (QED) is 0.738. The van der Waals surface area contributed by atoms with Crippen molar-refractivity contribution in [3.63, 3.8) is 0 Å². The van der Waals surface area contributed by atoms with Gasteiger partial charge in [-0.1, -0.05) is 67.6 Å². The fraction of sp³-hybridized carbons (Fsp3) is 0.286. The number of ether oxygens (including phenoxy) is 1. The van der Waals surface area contributed by atoms with Crippen LogP contribution in [0.3, 0.4) is 0 Å². The number of hydrogen-bond donors (Lipinski definition) is 0. The lowest BCUT2D eigenvalue weighted by Crippen LogP contribution is -2.67. The van der Waals surface area contributed by atoms with Crippen molar-refractivity contribution in [2.24, 2.45) is 0 Å². The Hall–Kier alpha value is -2.99. The van der Waals surface area contributed by atoms with E-state index in [1.165, 1.54) is 7.11 Å². The molecule has 1 aliphatic rings. The summed E-state index contributed by atoms with van der Waals surface area (Å²) < 4.78 is 5.10. The van der Waals surface area contributed by atoms with Gasteiger partial charge in [0.15, 0.2) is 5.41 Å². The first kappa shape index (κ1) is 18.8. The van der Waals surface area contributed by atoms with E-state index in [-0.39, 0.29) is 13.3 Å². The third-order valence-electron chi connectivity index (χ3n) is 4.71. The summed E-state index contributed by atoms with van der Waals surface area (Å²) in [6, 6.07) is 17.1. The van der Waals surface area contributed by atoms with Crippen molar-refractivity contribution in [2.45, 2.75) is 18.8 Å². The molecule has 0 N–H and O–H groups in total. The highest BCUT2D eigenvalue weighted by Crippen LogP contribution is 2.39. The van der Waals surface area contributed by atoms with E-state index >= 15 is 0 Å². The number of methoxy groups -OCH3 is 1. The van der Waals surface area contributed by atoms with Crippen molar-refractivity contribution in [3.8, 4) is 0 Å². The van der Waals surface area contributed by atoms with E-state index in [4.69, 9.17) is 4.74 Å². The zero-order chi connectivity index (χ0) is 19.4. The summed E-state index contributed by atoms with van der Waals surface area (Å²) in [6.45, 7) is 1.89. The van der Waals surface area contributed by atoms with Crippen LogP contribution in [-0.4, -0.2) is 48.0 Å². The Bertz CT molecular complexity index is 766. The second kappa shape index (κ2) is 7.72. The van der Waals surface area contributed by atoms with Gasteiger partial charge in [0.05, 0.1) is 0 Å². The molecule has 0 atom stereocenters. The second-order valence-corrected chi connectivity index (χ2v) is 6.37. The molecule has 0 spiro atoms. The lowest BCUT2D eigenvalue weighted by molar-refractivity contribution is -0.152. The van der Waals surface area contributed by atoms with Gasteiger partial charge < -0.3 is 4.74 Å². The molecule has 0 aliphatic carbocycles. The molecule has 0 aromatic heterocycles. The molecule has 2 aromatic rings. The highest BCUT2D eigenvalue weighted by Gasteiger charge is 2.59. The maximum absolute atomic E-state index is 13.6. The van der Waals surface area contributed by atoms with Gasteiger partial charge in [-0.2, -0.15) is 0 Å². The third-order valence-corrected chi connectivity index (χ3v) is 4.71. The third kappa shape index (κ3) is 2.92. The van der Waals surface area contributed by atoms with Crippen LogP contribution in [0.5, 0.6) is 0 Å². The highest BCUT2D eigenvalue weighted by atomic mass is 16.5. The van der Waals surface area contributed by atoms with Gasteiger partial charge in [0, 0.05) is 13.7 Å². The normalized spacial score (nSPS) is 16.7. The molecule has 6 heteroatoms. The van der Waals surface area contributed by atoms with E-state index in [9.17, 15) is 14.4 Å². The maximum atomic E-state index is 13.6. The molecule has 1 aliphatic heterocycles. The Morgan fingerprint density at radius 2 is 1.30 bits per heavy atom. The van der Waals surface area contributed by atoms with Crippen molar-refractivity contribution < 1.29 is 19.1 Å². The van der Waals surface area contributed by atoms with Gasteiger partial charge in [0.2, 0.25) is 0 Å². The molecule has 4 amide bonds. The Morgan fingerprint density at radius 1 is 0.815 bits per heavy atom. The summed E-state index contributed by atoms with van der Waals surface area (Å²) in [7, 11) is 1.41. The van der Waals surface area contributed by atoms with Crippen molar-refractivity contribution in [2.75, 3.05) is 20.4 Å². The lowest BCUT2D eigenvalue weighted by Gasteiger charge is -2.44. The Labute approximate surface area is 158 Å². The summed E-state index contributed by atoms with van der Waals surface area (Å²) in [6.07, 6.45) is 0.589. The van der Waals surface area contributed by atoms with Gasteiger partial charge in [-0.05, 0) is 17.5 Å². The number of amides is 4. The number of rotatable bonds is 6. The Kier molecular flexibility index (Phi) is 5.37. The molecule has 27 heavy (non-hydrogen) atoms. The highest BCUT2D eigenvalue weighted by molar-refractivity contribution is 6.25. The predicted molar refractivity (Wildman–Crippen MR) is 99.8 cm³/mol. The van der Waals surface area contributed by atoms with Crippen LogP contribution in [0, 0.1) is 0 Å². The number of imide groups is 2. The Balaban J connectivity index is 2.30. The minimum atomic E-state index is -1.62. The zero-order valence-electron chi connectivity index (χ0n) is 15.4. The van der Waals surface area contributed by atoms with Crippen molar-refractivity contribution in [1.82, 2.24) is 9.80 Å². The van der Waals surface area contributed by atoms with Crippen LogP contribution in [-0.2, 0) is 19.7 Å². The average Bonchev–Trinajstić information content (AvgIpc) is 2.71. The maximum Gasteiger partial charge on any atom is 0.335 e. The molecule has 140 valence electrons. The number of urea groups is 1. The minimum absolute atomic E-state index is 0.216. The van der Waals surface area contributed by atoms with Gasteiger partial charge in [-0.3, -0.25) is 14.5 Å². The van der Waals surface area contributed by atoms with E-state index in [1.807, 2.05) is 19.1 Å². The molecular weight excluding hydrogens is 344 g/mol. The van der Waals surface area contributed by atoms with Crippen molar-refractivity contribution in [3.05, 3.63) is 71.8 Å². The van der Waals surface area contributed by atoms with Crippen LogP contribution in [0.25, 0.3) is 0 Å². The standard InChI is InChI=1S/C21H22N2O4/c1-3-14-22-18(24)21(16-10-6-4-7-11-16,17-12-8-5-9-13-17)19(25)23(15-27-2)20(22)26/h4-13H,3,14-15H2,1-2H3. The lowest BCUT2D eigenvalue weighted by atomic mass is 9.71. The summed E-state index contributed by atoms with van der Waals surface area (Å²) >= 11 is 0. The first-order valence-electron chi connectivity index (χ1n) is 8.86. The number of benzene rings is 2. The van der Waals surface area contributed by atoms with E-state index in [2.05, 4.69) is 0 Å². The number of barbiturate groups is 1. The molecule has 1 fully saturated rings. The molecule has 0 unspecified atom stereocenters. The summed E-state index contributed by atoms with van der Waals surface area (Å²) in [5, 5.41) is 0. The number of nitrogens with zero attached hydrogens (tertiary/aromatic N) is 2. The average molecular weight is 366 g/mol. The fourth-order valence-electron chi connectivity index (χ4n) is 3.52. The minimum Gasteiger partial charge on any atom is -0.364 e. The van der Waals surface area contributed by atoms with E-state index in [1.54, 1.807) is 48.5 Å². The molecular formula is C21H22N2O4. The first-order valence-corrected chi connectivity index (χ1v) is 8.86. The van der Waals surface area contributed by atoms with E-state index in [0.29, 0.717) is 17.5 Å². The van der Waals surface area contributed by atoms with Crippen LogP contribution in [0.4, 0.5) is 4.79 Å². The van der Waals surface area contributed by atoms with Crippen LogP contribution in [0.1, 0.15) is 24.5 Å². The van der Waals surface area contributed by atoms with Gasteiger partial charge in [-0.15, -0.1) is 0 Å². The molecule has 6 nitrogen and oxygen atoms in total. The second-order valence-electron chi connectivity index (χ2n) is 6.37. The smallest absolute Gasteiger partial charge is 0.335 e. The monoisotopic (exact) mass is 366 g/mol. The van der Waals surface area contributed by atoms with Gasteiger partial charge in [0.25, 0.3) is 11.8 Å². The molecule has 0 saturated carbocycles. The first-order chi connectivity index (χ1) is 13.1. The van der Waals surface area contributed by atoms with Gasteiger partial charge >= 0.3 is 6.03 Å². The molecule has 0 bridgehead atoms. The zero-order valence-corrected chi connectivity index (χ0v) is 15.4. The molecule has 1 saturated heterocycles. The van der Waals surface area contributed by atoms with E-state index < -0.39 is 23.3 Å². The SMILES string of the molecule is CCCN1C(=O)N(COC)C(=O)C(c2ccccc2)(c2ccccc2)C1=O. The predicted octanol–water partition coefficient (Wildman–Crippen LogP) is 2.78. The molecule has 1 heterocycles. The topological polar surface area (TPSA) is 66.9 Å². The fourth-order valence-corrected chi connectivity index (χ4v) is 3.52. The van der Waals surface area contributed by atoms with Crippen LogP contribution >= 0.6 is 0 Å². The summed E-state index contributed by atoms with van der Waals surface area (Å²) in [5.41, 5.74) is -0.564. The van der Waals surface area contributed by atoms with Crippen LogP contribution in [0.2, 0.25) is 0 Å². The van der Waals surface area contributed by atoms with Gasteiger partial charge in [0.1, 0.15) is 6.73 Å². The summed E-state index contributed by atoms with van der Waals surface area (Å²) in [4.78, 5) is 42.2. The van der Waals surface area contributed by atoms with Crippen LogP contribution in [0.15, 0.2) is 60.7 Å². The summed E-state index contributed by atoms with van der Waals surface area (Å²) in [5.74, 6) is -1.12. The van der Waals surface area contributed by atoms with Crippen LogP contribution < -0.4 is 0 Å². The van der Waals surface area contributed by atoms with Crippen molar-refractivity contribution in [1.29, 1.82) is 0 Å². The van der Waals surface area contributed by atoms with E-state index in [0.717, 1.165) is 9.80 Å². The molecule has 3 rings (SSSR count). The number of carbonyl (C=O) groups is 3. The Morgan fingerprint density at radius 3 is 1.74 bits per heavy atom. The molecule has 0 radical (unpaired) electrons. The molecule has 2 aromatic carbocycles. The number of hydrogen-bond acceptors (Lipinski definition) is 4.